The number of rotatable bonds is 3. The molecule has 1 aliphatic carbocycles. The van der Waals surface area contributed by atoms with Crippen molar-refractivity contribution in [2.24, 2.45) is 0 Å². The molecular weight excluding hydrogens is 287 g/mol. The highest BCUT2D eigenvalue weighted by Crippen LogP contribution is 2.37. The predicted molar refractivity (Wildman–Crippen MR) is 58.7 cm³/mol. The summed E-state index contributed by atoms with van der Waals surface area (Å²) in [4.78, 5) is 11.9. The Hall–Kier alpha value is -0.360. The minimum absolute atomic E-state index is 0.202. The molecule has 1 aliphatic rings. The summed E-state index contributed by atoms with van der Waals surface area (Å²) in [5, 5.41) is 0.251. The number of carbonyl (C=O) groups is 1. The van der Waals surface area contributed by atoms with Crippen LogP contribution >= 0.6 is 27.5 Å². The zero-order valence-corrected chi connectivity index (χ0v) is 10.8. The van der Waals surface area contributed by atoms with Crippen molar-refractivity contribution in [3.63, 3.8) is 0 Å². The van der Waals surface area contributed by atoms with E-state index in [1.165, 1.54) is 27.4 Å². The van der Waals surface area contributed by atoms with Crippen LogP contribution in [0.2, 0.25) is 0 Å². The van der Waals surface area contributed by atoms with Gasteiger partial charge in [0.05, 0.1) is 16.6 Å². The van der Waals surface area contributed by atoms with Gasteiger partial charge in [-0.3, -0.25) is 4.79 Å². The van der Waals surface area contributed by atoms with E-state index in [1.54, 1.807) is 0 Å². The largest absolute Gasteiger partial charge is 0.495 e. The van der Waals surface area contributed by atoms with E-state index in [2.05, 4.69) is 15.9 Å². The molecule has 0 fully saturated rings. The van der Waals surface area contributed by atoms with E-state index in [9.17, 15) is 4.79 Å². The smallest absolute Gasteiger partial charge is 0.294 e. The molecule has 6 heteroatoms. The standard InChI is InChI=1S/C9H10BrClO4/c1-13-6-4-5(11)7(10)8(12)9(6,14-2)15-3/h4H,1-3H3. The average Bonchev–Trinajstić information content (AvgIpc) is 2.26. The minimum Gasteiger partial charge on any atom is -0.495 e. The molecule has 1 rings (SSSR count). The maximum absolute atomic E-state index is 11.9. The lowest BCUT2D eigenvalue weighted by molar-refractivity contribution is -0.199. The Balaban J connectivity index is 3.32. The summed E-state index contributed by atoms with van der Waals surface area (Å²) in [5.74, 6) is -1.77. The number of hydrogen-bond donors (Lipinski definition) is 0. The molecule has 0 amide bonds. The molecule has 0 unspecified atom stereocenters. The number of hydrogen-bond acceptors (Lipinski definition) is 4. The molecule has 0 spiro atoms. The van der Waals surface area contributed by atoms with E-state index in [0.717, 1.165) is 0 Å². The molecule has 0 atom stereocenters. The topological polar surface area (TPSA) is 44.8 Å². The van der Waals surface area contributed by atoms with Crippen LogP contribution < -0.4 is 0 Å². The zero-order valence-electron chi connectivity index (χ0n) is 8.47. The third kappa shape index (κ3) is 1.85. The van der Waals surface area contributed by atoms with E-state index in [1.807, 2.05) is 0 Å². The van der Waals surface area contributed by atoms with E-state index >= 15 is 0 Å². The summed E-state index contributed by atoms with van der Waals surface area (Å²) in [5.41, 5.74) is 0. The van der Waals surface area contributed by atoms with Crippen LogP contribution in [0, 0.1) is 0 Å². The second-order valence-corrected chi connectivity index (χ2v) is 3.93. The second kappa shape index (κ2) is 4.65. The summed E-state index contributed by atoms with van der Waals surface area (Å²) in [6.45, 7) is 0. The van der Waals surface area contributed by atoms with Gasteiger partial charge in [0.1, 0.15) is 0 Å². The molecule has 84 valence electrons. The molecule has 0 saturated carbocycles. The number of ketones is 1. The average molecular weight is 298 g/mol. The van der Waals surface area contributed by atoms with Gasteiger partial charge in [0.2, 0.25) is 5.78 Å². The third-order valence-electron chi connectivity index (χ3n) is 2.08. The van der Waals surface area contributed by atoms with Crippen molar-refractivity contribution < 1.29 is 19.0 Å². The third-order valence-corrected chi connectivity index (χ3v) is 3.40. The quantitative estimate of drug-likeness (QED) is 0.747. The first kappa shape index (κ1) is 12.7. The van der Waals surface area contributed by atoms with E-state index in [0.29, 0.717) is 0 Å². The SMILES string of the molecule is COC1=CC(Cl)=C(Br)C(=O)C1(OC)OC. The van der Waals surface area contributed by atoms with Crippen LogP contribution in [0.4, 0.5) is 0 Å². The predicted octanol–water partition coefficient (Wildman–Crippen LogP) is 1.93. The highest BCUT2D eigenvalue weighted by atomic mass is 79.9. The molecule has 0 heterocycles. The van der Waals surface area contributed by atoms with Gasteiger partial charge in [0.15, 0.2) is 5.76 Å². The Morgan fingerprint density at radius 2 is 1.87 bits per heavy atom. The first-order chi connectivity index (χ1) is 7.03. The molecule has 0 radical (unpaired) electrons. The number of halogens is 2. The number of Topliss-reactive ketones (excluding diaryl/α,β-unsaturated/α-hetero) is 1. The van der Waals surface area contributed by atoms with Crippen LogP contribution in [0.1, 0.15) is 0 Å². The fraction of sp³-hybridized carbons (Fsp3) is 0.444. The minimum atomic E-state index is -1.55. The number of carbonyl (C=O) groups excluding carboxylic acids is 1. The van der Waals surface area contributed by atoms with Crippen molar-refractivity contribution in [1.29, 1.82) is 0 Å². The molecule has 0 aromatic rings. The Labute approximate surface area is 101 Å². The van der Waals surface area contributed by atoms with Gasteiger partial charge in [-0.25, -0.2) is 0 Å². The summed E-state index contributed by atoms with van der Waals surface area (Å²) in [6, 6.07) is 0. The van der Waals surface area contributed by atoms with Gasteiger partial charge in [-0.05, 0) is 15.9 Å². The van der Waals surface area contributed by atoms with Gasteiger partial charge in [0.25, 0.3) is 5.79 Å². The van der Waals surface area contributed by atoms with Gasteiger partial charge < -0.3 is 14.2 Å². The molecule has 0 aromatic carbocycles. The molecule has 0 aliphatic heterocycles. The maximum Gasteiger partial charge on any atom is 0.294 e. The van der Waals surface area contributed by atoms with Crippen molar-refractivity contribution in [2.75, 3.05) is 21.3 Å². The van der Waals surface area contributed by atoms with E-state index in [4.69, 9.17) is 25.8 Å². The Morgan fingerprint density at radius 3 is 2.27 bits per heavy atom. The van der Waals surface area contributed by atoms with Gasteiger partial charge in [-0.2, -0.15) is 0 Å². The second-order valence-electron chi connectivity index (χ2n) is 2.73. The number of allylic oxidation sites excluding steroid dienone is 2. The molecule has 0 N–H and O–H groups in total. The van der Waals surface area contributed by atoms with Crippen LogP contribution in [-0.4, -0.2) is 32.9 Å². The van der Waals surface area contributed by atoms with Crippen LogP contribution in [0.15, 0.2) is 21.3 Å². The Kier molecular flexibility index (Phi) is 3.94. The molecular formula is C9H10BrClO4. The molecule has 4 nitrogen and oxygen atoms in total. The maximum atomic E-state index is 11.9. The Morgan fingerprint density at radius 1 is 1.33 bits per heavy atom. The molecule has 15 heavy (non-hydrogen) atoms. The summed E-state index contributed by atoms with van der Waals surface area (Å²) in [7, 11) is 4.12. The normalized spacial score (nSPS) is 20.3. The van der Waals surface area contributed by atoms with E-state index in [-0.39, 0.29) is 15.3 Å². The molecule has 0 aromatic heterocycles. The van der Waals surface area contributed by atoms with Crippen molar-refractivity contribution >= 4 is 33.3 Å². The first-order valence-corrected chi connectivity index (χ1v) is 5.17. The van der Waals surface area contributed by atoms with Crippen molar-refractivity contribution in [3.05, 3.63) is 21.3 Å². The van der Waals surface area contributed by atoms with E-state index < -0.39 is 11.6 Å². The Bertz CT molecular complexity index is 344. The van der Waals surface area contributed by atoms with Gasteiger partial charge in [-0.15, -0.1) is 0 Å². The first-order valence-electron chi connectivity index (χ1n) is 4.00. The number of ether oxygens (including phenoxy) is 3. The monoisotopic (exact) mass is 296 g/mol. The summed E-state index contributed by atoms with van der Waals surface area (Å²) < 4.78 is 15.4. The zero-order chi connectivity index (χ0) is 11.6. The fourth-order valence-corrected chi connectivity index (χ4v) is 1.86. The lowest BCUT2D eigenvalue weighted by atomic mass is 10.0. The molecule has 0 saturated heterocycles. The van der Waals surface area contributed by atoms with Crippen molar-refractivity contribution in [1.82, 2.24) is 0 Å². The summed E-state index contributed by atoms with van der Waals surface area (Å²) >= 11 is 8.89. The van der Waals surface area contributed by atoms with Gasteiger partial charge in [0, 0.05) is 20.3 Å². The van der Waals surface area contributed by atoms with Gasteiger partial charge >= 0.3 is 0 Å². The van der Waals surface area contributed by atoms with Crippen molar-refractivity contribution in [3.8, 4) is 0 Å². The lowest BCUT2D eigenvalue weighted by Gasteiger charge is -2.32. The highest BCUT2D eigenvalue weighted by molar-refractivity contribution is 9.12. The molecule has 0 bridgehead atoms. The van der Waals surface area contributed by atoms with Crippen LogP contribution in [0.25, 0.3) is 0 Å². The van der Waals surface area contributed by atoms with Crippen LogP contribution in [0.3, 0.4) is 0 Å². The highest BCUT2D eigenvalue weighted by Gasteiger charge is 2.48. The lowest BCUT2D eigenvalue weighted by Crippen LogP contribution is -2.47. The number of methoxy groups -OCH3 is 3. The van der Waals surface area contributed by atoms with Gasteiger partial charge in [-0.1, -0.05) is 11.6 Å². The van der Waals surface area contributed by atoms with Crippen LogP contribution in [-0.2, 0) is 19.0 Å². The summed E-state index contributed by atoms with van der Waals surface area (Å²) in [6.07, 6.45) is 1.47. The van der Waals surface area contributed by atoms with Crippen molar-refractivity contribution in [2.45, 2.75) is 5.79 Å². The fourth-order valence-electron chi connectivity index (χ4n) is 1.30. The van der Waals surface area contributed by atoms with Crippen LogP contribution in [0.5, 0.6) is 0 Å².